The van der Waals surface area contributed by atoms with Crippen LogP contribution in [0.15, 0.2) is 59.8 Å². The van der Waals surface area contributed by atoms with Crippen LogP contribution in [0.2, 0.25) is 0 Å². The van der Waals surface area contributed by atoms with Gasteiger partial charge in [-0.1, -0.05) is 72.8 Å². The van der Waals surface area contributed by atoms with Crippen LogP contribution < -0.4 is 0 Å². The predicted octanol–water partition coefficient (Wildman–Crippen LogP) is 4.67. The number of aromatic nitrogens is 3. The Bertz CT molecular complexity index is 909. The molecule has 0 bridgehead atoms. The number of carbonyl (C=O) groups excluding carboxylic acids is 1. The van der Waals surface area contributed by atoms with E-state index >= 15 is 0 Å². The van der Waals surface area contributed by atoms with E-state index in [1.165, 1.54) is 24.4 Å². The molecule has 27 heavy (non-hydrogen) atoms. The zero-order valence-electron chi connectivity index (χ0n) is 15.8. The summed E-state index contributed by atoms with van der Waals surface area (Å²) in [5, 5.41) is 9.04. The molecular formula is C21H23N3O2S. The van der Waals surface area contributed by atoms with Gasteiger partial charge in [0.15, 0.2) is 11.0 Å². The van der Waals surface area contributed by atoms with E-state index in [4.69, 9.17) is 4.74 Å². The normalized spacial score (nSPS) is 12.0. The van der Waals surface area contributed by atoms with E-state index in [-0.39, 0.29) is 5.97 Å². The molecule has 0 aliphatic carbocycles. The van der Waals surface area contributed by atoms with Crippen LogP contribution in [0, 0.1) is 6.92 Å². The summed E-state index contributed by atoms with van der Waals surface area (Å²) in [6, 6.07) is 17.8. The molecule has 0 radical (unpaired) electrons. The van der Waals surface area contributed by atoms with E-state index in [1.54, 1.807) is 0 Å². The highest BCUT2D eigenvalue weighted by Gasteiger charge is 2.26. The van der Waals surface area contributed by atoms with Gasteiger partial charge in [0.2, 0.25) is 0 Å². The Morgan fingerprint density at radius 1 is 1.15 bits per heavy atom. The van der Waals surface area contributed by atoms with E-state index in [2.05, 4.69) is 40.7 Å². The van der Waals surface area contributed by atoms with Crippen molar-refractivity contribution in [2.75, 3.05) is 7.11 Å². The van der Waals surface area contributed by atoms with Crippen LogP contribution in [0.3, 0.4) is 0 Å². The molecule has 0 saturated carbocycles. The van der Waals surface area contributed by atoms with Crippen molar-refractivity contribution < 1.29 is 9.53 Å². The molecule has 0 amide bonds. The fourth-order valence-electron chi connectivity index (χ4n) is 2.89. The van der Waals surface area contributed by atoms with E-state index in [0.717, 1.165) is 29.9 Å². The third-order valence-corrected chi connectivity index (χ3v) is 5.39. The van der Waals surface area contributed by atoms with E-state index in [1.807, 2.05) is 42.5 Å². The van der Waals surface area contributed by atoms with Gasteiger partial charge in [-0.15, -0.1) is 10.2 Å². The first-order valence-electron chi connectivity index (χ1n) is 8.93. The van der Waals surface area contributed by atoms with Gasteiger partial charge in [-0.2, -0.15) is 0 Å². The van der Waals surface area contributed by atoms with Crippen LogP contribution in [0.4, 0.5) is 0 Å². The lowest BCUT2D eigenvalue weighted by Gasteiger charge is -2.15. The summed E-state index contributed by atoms with van der Waals surface area (Å²) in [6.45, 7) is 4.95. The van der Waals surface area contributed by atoms with Crippen molar-refractivity contribution >= 4 is 17.7 Å². The third kappa shape index (κ3) is 4.39. The van der Waals surface area contributed by atoms with Gasteiger partial charge in [-0.3, -0.25) is 4.79 Å². The van der Waals surface area contributed by atoms with Crippen molar-refractivity contribution in [3.05, 3.63) is 65.7 Å². The lowest BCUT2D eigenvalue weighted by Crippen LogP contribution is -2.12. The number of benzene rings is 2. The minimum atomic E-state index is -0.485. The summed E-state index contributed by atoms with van der Waals surface area (Å²) in [5.74, 6) is 0.522. The topological polar surface area (TPSA) is 57.0 Å². The molecular weight excluding hydrogens is 358 g/mol. The van der Waals surface area contributed by atoms with Gasteiger partial charge in [-0.25, -0.2) is 0 Å². The van der Waals surface area contributed by atoms with E-state index in [9.17, 15) is 4.79 Å². The van der Waals surface area contributed by atoms with Gasteiger partial charge in [0.1, 0.15) is 5.25 Å². The fourth-order valence-corrected chi connectivity index (χ4v) is 3.98. The maximum Gasteiger partial charge on any atom is 0.323 e. The number of nitrogens with zero attached hydrogens (tertiary/aromatic N) is 3. The second-order valence-corrected chi connectivity index (χ2v) is 7.33. The largest absolute Gasteiger partial charge is 0.468 e. The molecule has 1 aromatic heterocycles. The first kappa shape index (κ1) is 19.2. The van der Waals surface area contributed by atoms with Crippen LogP contribution in [-0.2, 0) is 16.1 Å². The lowest BCUT2D eigenvalue weighted by molar-refractivity contribution is -0.140. The molecule has 0 saturated heterocycles. The van der Waals surface area contributed by atoms with E-state index in [0.29, 0.717) is 5.16 Å². The molecule has 0 aliphatic rings. The summed E-state index contributed by atoms with van der Waals surface area (Å²) in [7, 11) is 1.41. The van der Waals surface area contributed by atoms with Gasteiger partial charge in [0, 0.05) is 12.1 Å². The summed E-state index contributed by atoms with van der Waals surface area (Å²) < 4.78 is 7.11. The number of hydrogen-bond acceptors (Lipinski definition) is 5. The van der Waals surface area contributed by atoms with Crippen LogP contribution in [0.25, 0.3) is 11.4 Å². The predicted molar refractivity (Wildman–Crippen MR) is 108 cm³/mol. The summed E-state index contributed by atoms with van der Waals surface area (Å²) >= 11 is 1.38. The molecule has 0 aliphatic heterocycles. The van der Waals surface area contributed by atoms with E-state index < -0.39 is 5.25 Å². The van der Waals surface area contributed by atoms with Crippen molar-refractivity contribution in [3.8, 4) is 11.4 Å². The van der Waals surface area contributed by atoms with Crippen LogP contribution in [-0.4, -0.2) is 27.8 Å². The number of hydrogen-bond donors (Lipinski definition) is 0. The summed E-state index contributed by atoms with van der Waals surface area (Å²) in [6.07, 6.45) is 0.943. The minimum Gasteiger partial charge on any atom is -0.468 e. The number of esters is 1. The first-order chi connectivity index (χ1) is 13.1. The number of carbonyl (C=O) groups is 1. The second-order valence-electron chi connectivity index (χ2n) is 6.26. The van der Waals surface area contributed by atoms with Crippen molar-refractivity contribution in [3.63, 3.8) is 0 Å². The maximum atomic E-state index is 12.4. The van der Waals surface area contributed by atoms with Gasteiger partial charge < -0.3 is 9.30 Å². The van der Waals surface area contributed by atoms with Crippen LogP contribution in [0.1, 0.15) is 29.7 Å². The molecule has 0 spiro atoms. The monoisotopic (exact) mass is 381 g/mol. The zero-order chi connectivity index (χ0) is 19.2. The Labute approximate surface area is 163 Å². The van der Waals surface area contributed by atoms with Gasteiger partial charge in [0.25, 0.3) is 0 Å². The average molecular weight is 382 g/mol. The minimum absolute atomic E-state index is 0.297. The summed E-state index contributed by atoms with van der Waals surface area (Å²) in [5.41, 5.74) is 3.08. The molecule has 3 aromatic rings. The number of aryl methyl sites for hydroxylation is 1. The second kappa shape index (κ2) is 8.86. The van der Waals surface area contributed by atoms with Gasteiger partial charge >= 0.3 is 5.97 Å². The Hall–Kier alpha value is -2.60. The zero-order valence-corrected chi connectivity index (χ0v) is 16.6. The SMILES string of the molecule is CCCn1c(SC(C(=O)OC)c2ccccc2)nnc1-c1cccc(C)c1. The molecule has 140 valence electrons. The number of rotatable bonds is 7. The molecule has 2 aromatic carbocycles. The Morgan fingerprint density at radius 2 is 1.93 bits per heavy atom. The standard InChI is InChI=1S/C21H23N3O2S/c1-4-13-24-19(17-12-8-9-15(2)14-17)22-23-21(24)27-18(20(25)26-3)16-10-6-5-7-11-16/h5-12,14,18H,4,13H2,1-3H3. The highest BCUT2D eigenvalue weighted by molar-refractivity contribution is 8.00. The molecule has 1 heterocycles. The maximum absolute atomic E-state index is 12.4. The average Bonchev–Trinajstić information content (AvgIpc) is 3.09. The van der Waals surface area contributed by atoms with Crippen LogP contribution in [0.5, 0.6) is 0 Å². The molecule has 0 N–H and O–H groups in total. The molecule has 6 heteroatoms. The Morgan fingerprint density at radius 3 is 2.59 bits per heavy atom. The smallest absolute Gasteiger partial charge is 0.323 e. The quantitative estimate of drug-likeness (QED) is 0.440. The third-order valence-electron chi connectivity index (χ3n) is 4.18. The number of thioether (sulfide) groups is 1. The number of methoxy groups -OCH3 is 1. The van der Waals surface area contributed by atoms with Crippen molar-refractivity contribution in [2.24, 2.45) is 0 Å². The van der Waals surface area contributed by atoms with Crippen LogP contribution >= 0.6 is 11.8 Å². The van der Waals surface area contributed by atoms with Crippen molar-refractivity contribution in [1.29, 1.82) is 0 Å². The molecule has 1 unspecified atom stereocenters. The number of ether oxygens (including phenoxy) is 1. The van der Waals surface area contributed by atoms with Gasteiger partial charge in [-0.05, 0) is 25.0 Å². The molecule has 0 fully saturated rings. The fraction of sp³-hybridized carbons (Fsp3) is 0.286. The lowest BCUT2D eigenvalue weighted by atomic mass is 10.1. The Kier molecular flexibility index (Phi) is 6.29. The first-order valence-corrected chi connectivity index (χ1v) is 9.81. The van der Waals surface area contributed by atoms with Gasteiger partial charge in [0.05, 0.1) is 7.11 Å². The molecule has 1 atom stereocenters. The molecule has 3 rings (SSSR count). The van der Waals surface area contributed by atoms with Crippen molar-refractivity contribution in [2.45, 2.75) is 37.2 Å². The van der Waals surface area contributed by atoms with Crippen molar-refractivity contribution in [1.82, 2.24) is 14.8 Å². The highest BCUT2D eigenvalue weighted by Crippen LogP contribution is 2.36. The Balaban J connectivity index is 1.99. The summed E-state index contributed by atoms with van der Waals surface area (Å²) in [4.78, 5) is 12.4. The highest BCUT2D eigenvalue weighted by atomic mass is 32.2. The molecule has 5 nitrogen and oxygen atoms in total.